The molecule has 0 radical (unpaired) electrons. The quantitative estimate of drug-likeness (QED) is 0.898. The molecule has 3 rings (SSSR count). The Hall–Kier alpha value is -2.21. The lowest BCUT2D eigenvalue weighted by Crippen LogP contribution is -2.45. The molecule has 0 aliphatic carbocycles. The number of carbonyl (C=O) groups is 1. The molecule has 1 aliphatic heterocycles. The fourth-order valence-electron chi connectivity index (χ4n) is 2.54. The number of pyridine rings is 1. The van der Waals surface area contributed by atoms with Crippen LogP contribution in [0.1, 0.15) is 19.8 Å². The van der Waals surface area contributed by atoms with Crippen molar-refractivity contribution in [1.29, 1.82) is 0 Å². The van der Waals surface area contributed by atoms with Crippen LogP contribution in [-0.4, -0.2) is 33.3 Å². The van der Waals surface area contributed by atoms with Crippen molar-refractivity contribution >= 4 is 11.6 Å². The van der Waals surface area contributed by atoms with E-state index in [0.717, 1.165) is 25.2 Å². The zero-order chi connectivity index (χ0) is 14.7. The third-order valence-corrected chi connectivity index (χ3v) is 3.74. The first-order valence-electron chi connectivity index (χ1n) is 7.22. The van der Waals surface area contributed by atoms with Crippen LogP contribution in [-0.2, 0) is 4.79 Å². The minimum Gasteiger partial charge on any atom is -0.323 e. The van der Waals surface area contributed by atoms with Crippen molar-refractivity contribution in [2.75, 3.05) is 11.9 Å². The van der Waals surface area contributed by atoms with Gasteiger partial charge in [-0.3, -0.25) is 4.79 Å². The Morgan fingerprint density at radius 3 is 3.05 bits per heavy atom. The number of aromatic nitrogens is 3. The van der Waals surface area contributed by atoms with Gasteiger partial charge in [-0.2, -0.15) is 5.10 Å². The van der Waals surface area contributed by atoms with Crippen molar-refractivity contribution in [3.05, 3.63) is 36.8 Å². The summed E-state index contributed by atoms with van der Waals surface area (Å²) in [5.41, 5.74) is 0.705. The van der Waals surface area contributed by atoms with Crippen LogP contribution in [0.5, 0.6) is 0 Å². The highest BCUT2D eigenvalue weighted by Crippen LogP contribution is 2.17. The Kier molecular flexibility index (Phi) is 3.96. The Balaban J connectivity index is 1.63. The van der Waals surface area contributed by atoms with Crippen LogP contribution < -0.4 is 10.6 Å². The molecular weight excluding hydrogens is 266 g/mol. The number of hydrogen-bond acceptors (Lipinski definition) is 4. The van der Waals surface area contributed by atoms with Crippen molar-refractivity contribution in [2.45, 2.75) is 25.8 Å². The zero-order valence-corrected chi connectivity index (χ0v) is 12.0. The number of nitrogens with one attached hydrogen (secondary N) is 2. The van der Waals surface area contributed by atoms with E-state index in [-0.39, 0.29) is 11.9 Å². The highest BCUT2D eigenvalue weighted by molar-refractivity contribution is 5.94. The summed E-state index contributed by atoms with van der Waals surface area (Å²) in [7, 11) is 0. The molecule has 6 heteroatoms. The smallest absolute Gasteiger partial charge is 0.241 e. The van der Waals surface area contributed by atoms with Gasteiger partial charge in [-0.1, -0.05) is 6.92 Å². The first kappa shape index (κ1) is 13.8. The van der Waals surface area contributed by atoms with Crippen LogP contribution in [0, 0.1) is 5.92 Å². The van der Waals surface area contributed by atoms with Crippen molar-refractivity contribution in [3.63, 3.8) is 0 Å². The maximum absolute atomic E-state index is 12.2. The van der Waals surface area contributed by atoms with E-state index in [2.05, 4.69) is 27.6 Å². The van der Waals surface area contributed by atoms with Crippen molar-refractivity contribution in [2.24, 2.45) is 5.92 Å². The van der Waals surface area contributed by atoms with E-state index in [1.54, 1.807) is 17.1 Å². The lowest BCUT2D eigenvalue weighted by atomic mass is 9.94. The lowest BCUT2D eigenvalue weighted by molar-refractivity contribution is -0.119. The summed E-state index contributed by atoms with van der Waals surface area (Å²) in [4.78, 5) is 16.5. The van der Waals surface area contributed by atoms with E-state index in [9.17, 15) is 4.79 Å². The van der Waals surface area contributed by atoms with Gasteiger partial charge in [0.2, 0.25) is 5.91 Å². The van der Waals surface area contributed by atoms with Crippen molar-refractivity contribution < 1.29 is 4.79 Å². The van der Waals surface area contributed by atoms with Gasteiger partial charge in [0.25, 0.3) is 0 Å². The molecule has 1 aliphatic rings. The lowest BCUT2D eigenvalue weighted by Gasteiger charge is -2.27. The number of anilines is 1. The van der Waals surface area contributed by atoms with E-state index in [0.29, 0.717) is 11.6 Å². The molecule has 1 fully saturated rings. The van der Waals surface area contributed by atoms with Crippen molar-refractivity contribution in [3.8, 4) is 5.82 Å². The fourth-order valence-corrected chi connectivity index (χ4v) is 2.54. The number of hydrogen-bond donors (Lipinski definition) is 2. The fraction of sp³-hybridized carbons (Fsp3) is 0.400. The van der Waals surface area contributed by atoms with Crippen LogP contribution in [0.4, 0.5) is 5.69 Å². The maximum atomic E-state index is 12.2. The summed E-state index contributed by atoms with van der Waals surface area (Å²) >= 11 is 0. The van der Waals surface area contributed by atoms with E-state index < -0.39 is 0 Å². The van der Waals surface area contributed by atoms with Crippen molar-refractivity contribution in [1.82, 2.24) is 20.1 Å². The Labute approximate surface area is 123 Å². The molecular formula is C15H19N5O. The highest BCUT2D eigenvalue weighted by atomic mass is 16.2. The minimum absolute atomic E-state index is 0.00943. The number of piperidine rings is 1. The normalized spacial score (nSPS) is 22.0. The predicted octanol–water partition coefficient (Wildman–Crippen LogP) is 1.59. The molecule has 0 spiro atoms. The first-order valence-corrected chi connectivity index (χ1v) is 7.22. The molecule has 21 heavy (non-hydrogen) atoms. The molecule has 2 N–H and O–H groups in total. The third-order valence-electron chi connectivity index (χ3n) is 3.74. The molecule has 2 aromatic rings. The van der Waals surface area contributed by atoms with Gasteiger partial charge in [0, 0.05) is 12.4 Å². The van der Waals surface area contributed by atoms with Gasteiger partial charge in [-0.05, 0) is 43.5 Å². The number of carbonyl (C=O) groups excluding carboxylic acids is 1. The topological polar surface area (TPSA) is 71.8 Å². The SMILES string of the molecule is CC1CCNC(C(=O)Nc2ccc(-n3cccn3)nc2)C1. The second kappa shape index (κ2) is 6.05. The monoisotopic (exact) mass is 285 g/mol. The van der Waals surface area contributed by atoms with Gasteiger partial charge in [0.05, 0.1) is 17.9 Å². The Bertz CT molecular complexity index is 593. The zero-order valence-electron chi connectivity index (χ0n) is 12.0. The summed E-state index contributed by atoms with van der Waals surface area (Å²) in [6.07, 6.45) is 7.19. The van der Waals surface area contributed by atoms with E-state index in [4.69, 9.17) is 0 Å². The molecule has 1 amide bonds. The molecule has 1 saturated heterocycles. The van der Waals surface area contributed by atoms with Crippen LogP contribution in [0.2, 0.25) is 0 Å². The number of nitrogens with zero attached hydrogens (tertiary/aromatic N) is 3. The second-order valence-corrected chi connectivity index (χ2v) is 5.48. The molecule has 0 aromatic carbocycles. The maximum Gasteiger partial charge on any atom is 0.241 e. The summed E-state index contributed by atoms with van der Waals surface area (Å²) < 4.78 is 1.68. The Morgan fingerprint density at radius 1 is 1.48 bits per heavy atom. The average molecular weight is 285 g/mol. The van der Waals surface area contributed by atoms with E-state index in [1.807, 2.05) is 24.4 Å². The van der Waals surface area contributed by atoms with Gasteiger partial charge < -0.3 is 10.6 Å². The number of rotatable bonds is 3. The van der Waals surface area contributed by atoms with Crippen LogP contribution in [0.3, 0.4) is 0 Å². The number of amides is 1. The molecule has 0 bridgehead atoms. The molecule has 3 heterocycles. The minimum atomic E-state index is -0.112. The summed E-state index contributed by atoms with van der Waals surface area (Å²) in [5, 5.41) is 10.3. The van der Waals surface area contributed by atoms with Gasteiger partial charge in [-0.25, -0.2) is 9.67 Å². The molecule has 2 aromatic heterocycles. The standard InChI is InChI=1S/C15H19N5O/c1-11-5-7-16-13(9-11)15(21)19-12-3-4-14(17-10-12)20-8-2-6-18-20/h2-4,6,8,10-11,13,16H,5,7,9H2,1H3,(H,19,21). The van der Waals surface area contributed by atoms with E-state index in [1.165, 1.54) is 0 Å². The Morgan fingerprint density at radius 2 is 2.38 bits per heavy atom. The molecule has 2 atom stereocenters. The predicted molar refractivity (Wildman–Crippen MR) is 80.2 cm³/mol. The molecule has 0 saturated carbocycles. The van der Waals surface area contributed by atoms with Gasteiger partial charge in [0.1, 0.15) is 0 Å². The molecule has 6 nitrogen and oxygen atoms in total. The largest absolute Gasteiger partial charge is 0.323 e. The third kappa shape index (κ3) is 3.28. The van der Waals surface area contributed by atoms with Gasteiger partial charge in [0.15, 0.2) is 5.82 Å². The van der Waals surface area contributed by atoms with Crippen LogP contribution in [0.15, 0.2) is 36.8 Å². The first-order chi connectivity index (χ1) is 10.2. The van der Waals surface area contributed by atoms with Crippen LogP contribution >= 0.6 is 0 Å². The summed E-state index contributed by atoms with van der Waals surface area (Å²) in [6.45, 7) is 3.08. The van der Waals surface area contributed by atoms with Gasteiger partial charge >= 0.3 is 0 Å². The molecule has 2 unspecified atom stereocenters. The van der Waals surface area contributed by atoms with Gasteiger partial charge in [-0.15, -0.1) is 0 Å². The summed E-state index contributed by atoms with van der Waals surface area (Å²) in [6, 6.07) is 5.40. The molecule has 110 valence electrons. The second-order valence-electron chi connectivity index (χ2n) is 5.48. The van der Waals surface area contributed by atoms with E-state index >= 15 is 0 Å². The van der Waals surface area contributed by atoms with Crippen LogP contribution in [0.25, 0.3) is 5.82 Å². The average Bonchev–Trinajstić information content (AvgIpc) is 3.02. The summed E-state index contributed by atoms with van der Waals surface area (Å²) in [5.74, 6) is 1.32. The highest BCUT2D eigenvalue weighted by Gasteiger charge is 2.24.